The Morgan fingerprint density at radius 1 is 0.963 bits per heavy atom. The van der Waals surface area contributed by atoms with Crippen molar-refractivity contribution in [1.82, 2.24) is 4.90 Å². The molecule has 4 rings (SSSR count). The van der Waals surface area contributed by atoms with E-state index in [2.05, 4.69) is 34.9 Å². The van der Waals surface area contributed by atoms with Gasteiger partial charge in [0.05, 0.1) is 5.54 Å². The van der Waals surface area contributed by atoms with Gasteiger partial charge in [0.2, 0.25) is 5.91 Å². The largest absolute Gasteiger partial charge is 0.326 e. The first-order valence-electron chi connectivity index (χ1n) is 9.61. The second-order valence-corrected chi connectivity index (χ2v) is 7.53. The molecule has 0 unspecified atom stereocenters. The zero-order valence-electron chi connectivity index (χ0n) is 15.6. The van der Waals surface area contributed by atoms with Gasteiger partial charge < -0.3 is 15.5 Å². The summed E-state index contributed by atoms with van der Waals surface area (Å²) in [4.78, 5) is 26.2. The zero-order valence-corrected chi connectivity index (χ0v) is 15.6. The van der Waals surface area contributed by atoms with E-state index in [1.54, 1.807) is 12.1 Å². The van der Waals surface area contributed by atoms with Crippen molar-refractivity contribution in [2.24, 2.45) is 5.92 Å². The molecule has 5 nitrogen and oxygen atoms in total. The van der Waals surface area contributed by atoms with Gasteiger partial charge in [-0.15, -0.1) is 0 Å². The molecule has 1 saturated heterocycles. The maximum atomic E-state index is 13.0. The monoisotopic (exact) mass is 363 g/mol. The fourth-order valence-electron chi connectivity index (χ4n) is 4.65. The molecule has 1 aliphatic heterocycles. The molecule has 3 amide bonds. The molecular formula is C22H25N3O2. The number of urea groups is 1. The van der Waals surface area contributed by atoms with Gasteiger partial charge in [-0.2, -0.15) is 0 Å². The van der Waals surface area contributed by atoms with Crippen LogP contribution in [0.1, 0.15) is 38.2 Å². The molecule has 2 aromatic carbocycles. The van der Waals surface area contributed by atoms with E-state index in [0.717, 1.165) is 30.8 Å². The molecule has 140 valence electrons. The zero-order chi connectivity index (χ0) is 18.9. The molecule has 5 heteroatoms. The Kier molecular flexibility index (Phi) is 4.60. The minimum atomic E-state index is -0.167. The minimum Gasteiger partial charge on any atom is -0.326 e. The fourth-order valence-corrected chi connectivity index (χ4v) is 4.65. The topological polar surface area (TPSA) is 61.4 Å². The van der Waals surface area contributed by atoms with Gasteiger partial charge in [-0.3, -0.25) is 4.79 Å². The van der Waals surface area contributed by atoms with Gasteiger partial charge in [-0.1, -0.05) is 43.2 Å². The number of carbonyl (C=O) groups excluding carboxylic acids is 2. The Labute approximate surface area is 159 Å². The van der Waals surface area contributed by atoms with Gasteiger partial charge >= 0.3 is 6.03 Å². The molecule has 1 heterocycles. The molecule has 1 saturated carbocycles. The number of hydrogen-bond donors (Lipinski definition) is 2. The normalized spacial score (nSPS) is 23.7. The van der Waals surface area contributed by atoms with Crippen LogP contribution in [0.4, 0.5) is 16.2 Å². The summed E-state index contributed by atoms with van der Waals surface area (Å²) in [6, 6.07) is 17.6. The predicted octanol–water partition coefficient (Wildman–Crippen LogP) is 4.58. The van der Waals surface area contributed by atoms with E-state index >= 15 is 0 Å². The highest BCUT2D eigenvalue weighted by Crippen LogP contribution is 2.53. The van der Waals surface area contributed by atoms with E-state index < -0.39 is 0 Å². The SMILES string of the molecule is CC(=O)Nc1ccc(NC(=O)N2C[C@@H]3CCCC[C@]32c2ccccc2)cc1. The highest BCUT2D eigenvalue weighted by atomic mass is 16.2. The Morgan fingerprint density at radius 3 is 2.26 bits per heavy atom. The Bertz CT molecular complexity index is 834. The summed E-state index contributed by atoms with van der Waals surface area (Å²) in [5, 5.41) is 5.76. The van der Waals surface area contributed by atoms with E-state index in [1.807, 2.05) is 23.1 Å². The van der Waals surface area contributed by atoms with E-state index in [0.29, 0.717) is 5.92 Å². The summed E-state index contributed by atoms with van der Waals surface area (Å²) in [5.41, 5.74) is 2.53. The number of hydrogen-bond acceptors (Lipinski definition) is 2. The van der Waals surface area contributed by atoms with Crippen molar-refractivity contribution in [2.45, 2.75) is 38.1 Å². The summed E-state index contributed by atoms with van der Waals surface area (Å²) >= 11 is 0. The van der Waals surface area contributed by atoms with Gasteiger partial charge in [0, 0.05) is 30.8 Å². The molecule has 0 spiro atoms. The molecule has 2 N–H and O–H groups in total. The van der Waals surface area contributed by atoms with Gasteiger partial charge in [0.1, 0.15) is 0 Å². The van der Waals surface area contributed by atoms with Crippen LogP contribution in [-0.2, 0) is 10.3 Å². The van der Waals surface area contributed by atoms with Crippen LogP contribution in [0.5, 0.6) is 0 Å². The first kappa shape index (κ1) is 17.6. The average molecular weight is 363 g/mol. The van der Waals surface area contributed by atoms with Crippen LogP contribution >= 0.6 is 0 Å². The Balaban J connectivity index is 1.52. The van der Waals surface area contributed by atoms with Crippen molar-refractivity contribution < 1.29 is 9.59 Å². The number of anilines is 2. The third-order valence-electron chi connectivity index (χ3n) is 5.90. The van der Waals surface area contributed by atoms with E-state index in [9.17, 15) is 9.59 Å². The minimum absolute atomic E-state index is 0.0516. The lowest BCUT2D eigenvalue weighted by Gasteiger charge is -2.61. The molecule has 0 aromatic heterocycles. The molecule has 2 atom stereocenters. The lowest BCUT2D eigenvalue weighted by Crippen LogP contribution is -2.68. The van der Waals surface area contributed by atoms with Crippen LogP contribution in [-0.4, -0.2) is 23.4 Å². The second-order valence-electron chi connectivity index (χ2n) is 7.53. The molecule has 1 aliphatic carbocycles. The third kappa shape index (κ3) is 3.18. The van der Waals surface area contributed by atoms with Crippen molar-refractivity contribution in [3.63, 3.8) is 0 Å². The van der Waals surface area contributed by atoms with Crippen LogP contribution in [0.15, 0.2) is 54.6 Å². The van der Waals surface area contributed by atoms with Crippen molar-refractivity contribution in [3.05, 3.63) is 60.2 Å². The smallest absolute Gasteiger partial charge is 0.322 e. The molecule has 2 aliphatic rings. The first-order chi connectivity index (χ1) is 13.1. The number of likely N-dealkylation sites (tertiary alicyclic amines) is 1. The first-order valence-corrected chi connectivity index (χ1v) is 9.61. The third-order valence-corrected chi connectivity index (χ3v) is 5.90. The van der Waals surface area contributed by atoms with Gasteiger partial charge in [0.15, 0.2) is 0 Å². The highest BCUT2D eigenvalue weighted by molar-refractivity contribution is 5.92. The lowest BCUT2D eigenvalue weighted by atomic mass is 9.62. The van der Waals surface area contributed by atoms with Crippen molar-refractivity contribution >= 4 is 23.3 Å². The summed E-state index contributed by atoms with van der Waals surface area (Å²) in [6.45, 7) is 2.29. The number of nitrogens with zero attached hydrogens (tertiary/aromatic N) is 1. The summed E-state index contributed by atoms with van der Waals surface area (Å²) in [6.07, 6.45) is 4.61. The van der Waals surface area contributed by atoms with Crippen LogP contribution in [0, 0.1) is 5.92 Å². The number of amides is 3. The molecule has 0 radical (unpaired) electrons. The molecule has 27 heavy (non-hydrogen) atoms. The molecule has 2 fully saturated rings. The van der Waals surface area contributed by atoms with Crippen LogP contribution < -0.4 is 10.6 Å². The summed E-state index contributed by atoms with van der Waals surface area (Å²) in [7, 11) is 0. The maximum Gasteiger partial charge on any atom is 0.322 e. The van der Waals surface area contributed by atoms with Crippen LogP contribution in [0.3, 0.4) is 0 Å². The second kappa shape index (κ2) is 7.06. The Morgan fingerprint density at radius 2 is 1.63 bits per heavy atom. The predicted molar refractivity (Wildman–Crippen MR) is 107 cm³/mol. The number of carbonyl (C=O) groups is 2. The summed E-state index contributed by atoms with van der Waals surface area (Å²) in [5.74, 6) is 0.432. The number of benzene rings is 2. The standard InChI is InChI=1S/C22H25N3O2/c1-16(26)23-19-10-12-20(13-11-19)24-21(27)25-15-18-9-5-6-14-22(18,25)17-7-3-2-4-8-17/h2-4,7-8,10-13,18H,5-6,9,14-15H2,1H3,(H,23,26)(H,24,27)/t18-,22-/m0/s1. The lowest BCUT2D eigenvalue weighted by molar-refractivity contribution is -0.114. The quantitative estimate of drug-likeness (QED) is 0.838. The molecule has 2 aromatic rings. The van der Waals surface area contributed by atoms with Crippen LogP contribution in [0.2, 0.25) is 0 Å². The van der Waals surface area contributed by atoms with Gasteiger partial charge in [0.25, 0.3) is 0 Å². The number of rotatable bonds is 3. The highest BCUT2D eigenvalue weighted by Gasteiger charge is 2.57. The van der Waals surface area contributed by atoms with E-state index in [1.165, 1.54) is 25.3 Å². The van der Waals surface area contributed by atoms with E-state index in [-0.39, 0.29) is 17.5 Å². The van der Waals surface area contributed by atoms with Crippen LogP contribution in [0.25, 0.3) is 0 Å². The van der Waals surface area contributed by atoms with E-state index in [4.69, 9.17) is 0 Å². The van der Waals surface area contributed by atoms with Crippen molar-refractivity contribution in [3.8, 4) is 0 Å². The fraction of sp³-hybridized carbons (Fsp3) is 0.364. The summed E-state index contributed by atoms with van der Waals surface area (Å²) < 4.78 is 0. The van der Waals surface area contributed by atoms with Crippen molar-refractivity contribution in [1.29, 1.82) is 0 Å². The average Bonchev–Trinajstić information content (AvgIpc) is 2.65. The Hall–Kier alpha value is -2.82. The van der Waals surface area contributed by atoms with Crippen molar-refractivity contribution in [2.75, 3.05) is 17.2 Å². The van der Waals surface area contributed by atoms with Gasteiger partial charge in [-0.25, -0.2) is 4.79 Å². The molecular weight excluding hydrogens is 338 g/mol. The molecule has 0 bridgehead atoms. The number of nitrogens with one attached hydrogen (secondary N) is 2. The maximum absolute atomic E-state index is 13.0. The van der Waals surface area contributed by atoms with Gasteiger partial charge in [-0.05, 0) is 42.7 Å². The number of fused-ring (bicyclic) bond motifs is 1.